The molecule has 0 spiro atoms. The van der Waals surface area contributed by atoms with Gasteiger partial charge in [-0.1, -0.05) is 23.9 Å². The van der Waals surface area contributed by atoms with Crippen LogP contribution in [0.4, 0.5) is 0 Å². The number of hydrogen-bond donors (Lipinski definition) is 0. The topological polar surface area (TPSA) is 152 Å². The first kappa shape index (κ1) is 29.9. The van der Waals surface area contributed by atoms with Crippen molar-refractivity contribution in [1.29, 1.82) is 0 Å². The molecule has 2 aromatic heterocycles. The second-order valence-electron chi connectivity index (χ2n) is 9.02. The third-order valence-electron chi connectivity index (χ3n) is 6.11. The Labute approximate surface area is 242 Å². The fourth-order valence-corrected chi connectivity index (χ4v) is 6.03. The first-order valence-electron chi connectivity index (χ1n) is 12.3. The van der Waals surface area contributed by atoms with E-state index in [2.05, 4.69) is 4.98 Å². The third-order valence-corrected chi connectivity index (χ3v) is 8.12. The van der Waals surface area contributed by atoms with E-state index in [0.717, 1.165) is 16.3 Å². The molecule has 4 rings (SSSR count). The molecule has 1 fully saturated rings. The summed E-state index contributed by atoms with van der Waals surface area (Å²) >= 11 is 2.40. The first-order chi connectivity index (χ1) is 19.5. The Morgan fingerprint density at radius 2 is 1.78 bits per heavy atom. The van der Waals surface area contributed by atoms with Crippen LogP contribution in [0.15, 0.2) is 40.2 Å². The standard InChI is InChI=1S/C26H27N5O8S2/c1-15(32)38-18-7-5-17(11-19(18)39-16(2)33)6-8-22(35)41-13-20(34)31-9-10-40-21(31)12-30-14-27-24-23(30)25(36)29(4)26(37)28(24)3/h5-8,11,14,21H,9-10,12-13H2,1-4H3. The number of imidazole rings is 1. The number of benzene rings is 1. The number of aromatic nitrogens is 4. The molecule has 3 aromatic rings. The van der Waals surface area contributed by atoms with Gasteiger partial charge in [0.15, 0.2) is 22.7 Å². The lowest BCUT2D eigenvalue weighted by atomic mass is 10.2. The summed E-state index contributed by atoms with van der Waals surface area (Å²) < 4.78 is 14.1. The number of nitrogens with zero attached hydrogens (tertiary/aromatic N) is 5. The van der Waals surface area contributed by atoms with Crippen molar-refractivity contribution >= 4 is 63.7 Å². The molecular formula is C26H27N5O8S2. The number of thioether (sulfide) groups is 2. The van der Waals surface area contributed by atoms with E-state index in [9.17, 15) is 28.8 Å². The molecule has 0 bridgehead atoms. The van der Waals surface area contributed by atoms with E-state index >= 15 is 0 Å². The number of aryl methyl sites for hydroxylation is 1. The SMILES string of the molecule is CC(=O)Oc1ccc(C=CC(=O)SCC(=O)N2CCSC2Cn2cnc3c2c(=O)n(C)c(=O)n3C)cc1OC(C)=O. The van der Waals surface area contributed by atoms with Crippen molar-refractivity contribution < 1.29 is 28.7 Å². The van der Waals surface area contributed by atoms with Crippen LogP contribution in [0.1, 0.15) is 19.4 Å². The van der Waals surface area contributed by atoms with Gasteiger partial charge in [0, 0.05) is 40.2 Å². The second-order valence-corrected chi connectivity index (χ2v) is 11.3. The first-order valence-corrected chi connectivity index (χ1v) is 14.4. The molecular weight excluding hydrogens is 574 g/mol. The largest absolute Gasteiger partial charge is 0.423 e. The predicted molar refractivity (Wildman–Crippen MR) is 154 cm³/mol. The van der Waals surface area contributed by atoms with Crippen LogP contribution in [0.5, 0.6) is 11.5 Å². The van der Waals surface area contributed by atoms with Gasteiger partial charge in [0.2, 0.25) is 11.0 Å². The molecule has 15 heteroatoms. The average Bonchev–Trinajstić information content (AvgIpc) is 3.56. The number of carbonyl (C=O) groups excluding carboxylic acids is 4. The quantitative estimate of drug-likeness (QED) is 0.208. The highest BCUT2D eigenvalue weighted by Gasteiger charge is 2.30. The van der Waals surface area contributed by atoms with Crippen molar-refractivity contribution in [2.45, 2.75) is 25.8 Å². The van der Waals surface area contributed by atoms with Crippen molar-refractivity contribution in [3.8, 4) is 11.5 Å². The zero-order chi connectivity index (χ0) is 29.8. The number of esters is 2. The van der Waals surface area contributed by atoms with Gasteiger partial charge in [0.25, 0.3) is 5.56 Å². The highest BCUT2D eigenvalue weighted by Crippen LogP contribution is 2.30. The summed E-state index contributed by atoms with van der Waals surface area (Å²) in [7, 11) is 2.95. The van der Waals surface area contributed by atoms with Crippen molar-refractivity contribution in [3.05, 3.63) is 57.0 Å². The molecule has 0 aliphatic carbocycles. The van der Waals surface area contributed by atoms with Crippen LogP contribution < -0.4 is 20.7 Å². The summed E-state index contributed by atoms with van der Waals surface area (Å²) in [5.74, 6) is -0.671. The number of fused-ring (bicyclic) bond motifs is 1. The zero-order valence-electron chi connectivity index (χ0n) is 22.7. The summed E-state index contributed by atoms with van der Waals surface area (Å²) in [6.45, 7) is 3.23. The maximum Gasteiger partial charge on any atom is 0.332 e. The summed E-state index contributed by atoms with van der Waals surface area (Å²) in [6, 6.07) is 4.49. The maximum absolute atomic E-state index is 13.0. The van der Waals surface area contributed by atoms with Crippen molar-refractivity contribution in [2.75, 3.05) is 18.1 Å². The minimum atomic E-state index is -0.600. The monoisotopic (exact) mass is 601 g/mol. The lowest BCUT2D eigenvalue weighted by Gasteiger charge is -2.24. The second kappa shape index (κ2) is 12.6. The lowest BCUT2D eigenvalue weighted by Crippen LogP contribution is -2.40. The minimum Gasteiger partial charge on any atom is -0.423 e. The van der Waals surface area contributed by atoms with Gasteiger partial charge >= 0.3 is 17.6 Å². The Morgan fingerprint density at radius 3 is 2.49 bits per heavy atom. The molecule has 0 N–H and O–H groups in total. The Balaban J connectivity index is 1.39. The molecule has 1 aliphatic heterocycles. The van der Waals surface area contributed by atoms with Gasteiger partial charge < -0.3 is 18.9 Å². The zero-order valence-corrected chi connectivity index (χ0v) is 24.3. The van der Waals surface area contributed by atoms with Gasteiger partial charge in [-0.2, -0.15) is 0 Å². The van der Waals surface area contributed by atoms with Crippen molar-refractivity contribution in [1.82, 2.24) is 23.6 Å². The van der Waals surface area contributed by atoms with E-state index in [1.165, 1.54) is 56.1 Å². The van der Waals surface area contributed by atoms with E-state index < -0.39 is 23.2 Å². The number of carbonyl (C=O) groups is 4. The number of hydrogen-bond acceptors (Lipinski definition) is 11. The molecule has 0 radical (unpaired) electrons. The fourth-order valence-electron chi connectivity index (χ4n) is 4.19. The molecule has 1 aliphatic rings. The van der Waals surface area contributed by atoms with Gasteiger partial charge in [-0.15, -0.1) is 11.8 Å². The highest BCUT2D eigenvalue weighted by molar-refractivity contribution is 8.14. The molecule has 3 heterocycles. The van der Waals surface area contributed by atoms with E-state index in [-0.39, 0.29) is 44.8 Å². The van der Waals surface area contributed by atoms with E-state index in [1.54, 1.807) is 34.3 Å². The molecule has 1 amide bonds. The highest BCUT2D eigenvalue weighted by atomic mass is 32.2. The van der Waals surface area contributed by atoms with Crippen LogP contribution in [-0.2, 0) is 39.8 Å². The third kappa shape index (κ3) is 6.79. The van der Waals surface area contributed by atoms with Crippen LogP contribution in [0.25, 0.3) is 17.2 Å². The number of ether oxygens (including phenoxy) is 2. The number of amides is 1. The number of rotatable bonds is 8. The van der Waals surface area contributed by atoms with Crippen LogP contribution in [0, 0.1) is 0 Å². The Hall–Kier alpha value is -4.11. The van der Waals surface area contributed by atoms with E-state index in [0.29, 0.717) is 24.4 Å². The Bertz CT molecular complexity index is 1690. The average molecular weight is 602 g/mol. The lowest BCUT2D eigenvalue weighted by molar-refractivity contribution is -0.134. The van der Waals surface area contributed by atoms with Crippen LogP contribution >= 0.6 is 23.5 Å². The molecule has 1 saturated heterocycles. The summed E-state index contributed by atoms with van der Waals surface area (Å²) in [5.41, 5.74) is 0.134. The smallest absolute Gasteiger partial charge is 0.332 e. The van der Waals surface area contributed by atoms with Gasteiger partial charge in [0.1, 0.15) is 0 Å². The molecule has 0 saturated carbocycles. The fraction of sp³-hybridized carbons (Fsp3) is 0.346. The van der Waals surface area contributed by atoms with Crippen molar-refractivity contribution in [3.63, 3.8) is 0 Å². The van der Waals surface area contributed by atoms with Gasteiger partial charge in [-0.25, -0.2) is 9.78 Å². The Kier molecular flexibility index (Phi) is 9.18. The Morgan fingerprint density at radius 1 is 1.07 bits per heavy atom. The van der Waals surface area contributed by atoms with E-state index in [1.807, 2.05) is 0 Å². The summed E-state index contributed by atoms with van der Waals surface area (Å²) in [6.07, 6.45) is 4.28. The molecule has 41 heavy (non-hydrogen) atoms. The van der Waals surface area contributed by atoms with Crippen LogP contribution in [0.3, 0.4) is 0 Å². The van der Waals surface area contributed by atoms with Crippen molar-refractivity contribution in [2.24, 2.45) is 14.1 Å². The van der Waals surface area contributed by atoms with Crippen LogP contribution in [-0.4, -0.2) is 70.0 Å². The van der Waals surface area contributed by atoms with Gasteiger partial charge in [0.05, 0.1) is 24.0 Å². The normalized spacial score (nSPS) is 15.0. The predicted octanol–water partition coefficient (Wildman–Crippen LogP) is 1.16. The van der Waals surface area contributed by atoms with Gasteiger partial charge in [-0.3, -0.25) is 33.1 Å². The van der Waals surface area contributed by atoms with Gasteiger partial charge in [-0.05, 0) is 23.8 Å². The maximum atomic E-state index is 13.0. The molecule has 1 atom stereocenters. The molecule has 216 valence electrons. The summed E-state index contributed by atoms with van der Waals surface area (Å²) in [4.78, 5) is 79.1. The van der Waals surface area contributed by atoms with E-state index in [4.69, 9.17) is 9.47 Å². The molecule has 13 nitrogen and oxygen atoms in total. The van der Waals surface area contributed by atoms with Crippen LogP contribution in [0.2, 0.25) is 0 Å². The molecule has 1 unspecified atom stereocenters. The molecule has 1 aromatic carbocycles. The minimum absolute atomic E-state index is 0.0356. The summed E-state index contributed by atoms with van der Waals surface area (Å²) in [5, 5.41) is -0.631.